The molecule has 2 atom stereocenters. The predicted molar refractivity (Wildman–Crippen MR) is 155 cm³/mol. The van der Waals surface area contributed by atoms with Crippen molar-refractivity contribution >= 4 is 24.8 Å². The lowest BCUT2D eigenvalue weighted by Crippen LogP contribution is -2.67. The standard InChI is InChI=1S/C32H37NO5Si/c1-32(2,3)39(27-16-9-5-10-17-27,28-18-11-6-12-19-28)38-24-26(34)22-29(30-20-13-21-36-30)33-31(35)37-23-25-14-7-4-8-15-25/h4-21,26,29,34H,22-24H2,1-3H3,(H,33,35)/t26-,29-/m1/s1. The first kappa shape index (κ1) is 28.4. The number of nitrogens with one attached hydrogen (secondary N) is 1. The van der Waals surface area contributed by atoms with Crippen molar-refractivity contribution in [1.82, 2.24) is 5.32 Å². The van der Waals surface area contributed by atoms with E-state index in [0.29, 0.717) is 5.76 Å². The molecular formula is C32H37NO5Si. The molecule has 0 fully saturated rings. The summed E-state index contributed by atoms with van der Waals surface area (Å²) in [5, 5.41) is 16.1. The van der Waals surface area contributed by atoms with Crippen LogP contribution in [0.3, 0.4) is 0 Å². The largest absolute Gasteiger partial charge is 0.467 e. The number of aliphatic hydroxyl groups is 1. The quantitative estimate of drug-likeness (QED) is 0.242. The first-order valence-corrected chi connectivity index (χ1v) is 15.1. The molecule has 1 amide bonds. The van der Waals surface area contributed by atoms with Gasteiger partial charge in [-0.1, -0.05) is 112 Å². The van der Waals surface area contributed by atoms with Crippen molar-refractivity contribution < 1.29 is 23.5 Å². The number of rotatable bonds is 11. The van der Waals surface area contributed by atoms with Gasteiger partial charge in [0.1, 0.15) is 12.4 Å². The van der Waals surface area contributed by atoms with Gasteiger partial charge < -0.3 is 24.0 Å². The minimum atomic E-state index is -2.81. The van der Waals surface area contributed by atoms with Crippen molar-refractivity contribution in [2.75, 3.05) is 6.61 Å². The molecule has 0 saturated carbocycles. The average molecular weight is 544 g/mol. The maximum absolute atomic E-state index is 12.6. The Morgan fingerprint density at radius 1 is 0.872 bits per heavy atom. The number of alkyl carbamates (subject to hydrolysis) is 1. The van der Waals surface area contributed by atoms with Gasteiger partial charge in [-0.15, -0.1) is 0 Å². The summed E-state index contributed by atoms with van der Waals surface area (Å²) in [6.07, 6.45) is 0.299. The van der Waals surface area contributed by atoms with Crippen LogP contribution in [0, 0.1) is 0 Å². The van der Waals surface area contributed by atoms with Crippen LogP contribution < -0.4 is 15.7 Å². The number of ether oxygens (including phenoxy) is 1. The fourth-order valence-electron chi connectivity index (χ4n) is 4.97. The second-order valence-electron chi connectivity index (χ2n) is 10.6. The van der Waals surface area contributed by atoms with Gasteiger partial charge in [0.05, 0.1) is 25.0 Å². The van der Waals surface area contributed by atoms with Crippen molar-refractivity contribution in [2.24, 2.45) is 0 Å². The van der Waals surface area contributed by atoms with Gasteiger partial charge in [-0.2, -0.15) is 0 Å². The molecule has 0 saturated heterocycles. The number of hydrogen-bond acceptors (Lipinski definition) is 5. The third kappa shape index (κ3) is 7.06. The maximum Gasteiger partial charge on any atom is 0.408 e. The van der Waals surface area contributed by atoms with Crippen LogP contribution in [0.2, 0.25) is 5.04 Å². The summed E-state index contributed by atoms with van der Waals surface area (Å²) in [5.74, 6) is 0.538. The number of aliphatic hydroxyl groups excluding tert-OH is 1. The highest BCUT2D eigenvalue weighted by molar-refractivity contribution is 6.99. The first-order chi connectivity index (χ1) is 18.8. The van der Waals surface area contributed by atoms with E-state index in [0.717, 1.165) is 15.9 Å². The Morgan fingerprint density at radius 3 is 1.95 bits per heavy atom. The molecule has 0 radical (unpaired) electrons. The lowest BCUT2D eigenvalue weighted by atomic mass is 10.1. The monoisotopic (exact) mass is 543 g/mol. The van der Waals surface area contributed by atoms with E-state index in [-0.39, 0.29) is 24.7 Å². The number of benzene rings is 3. The Hall–Kier alpha value is -3.65. The molecule has 204 valence electrons. The van der Waals surface area contributed by atoms with Crippen molar-refractivity contribution in [3.05, 3.63) is 121 Å². The zero-order valence-corrected chi connectivity index (χ0v) is 23.7. The highest BCUT2D eigenvalue weighted by Gasteiger charge is 2.50. The Balaban J connectivity index is 1.50. The van der Waals surface area contributed by atoms with Gasteiger partial charge in [-0.05, 0) is 33.1 Å². The van der Waals surface area contributed by atoms with Gasteiger partial charge in [0, 0.05) is 6.42 Å². The smallest absolute Gasteiger partial charge is 0.408 e. The Labute approximate surface area is 231 Å². The number of furan rings is 1. The topological polar surface area (TPSA) is 80.9 Å². The molecule has 4 rings (SSSR count). The number of carbonyl (C=O) groups is 1. The second-order valence-corrected chi connectivity index (χ2v) is 14.9. The third-order valence-electron chi connectivity index (χ3n) is 6.81. The molecule has 0 bridgehead atoms. The van der Waals surface area contributed by atoms with Crippen LogP contribution in [-0.4, -0.2) is 32.2 Å². The van der Waals surface area contributed by atoms with Gasteiger partial charge in [-0.3, -0.25) is 0 Å². The normalized spacial score (nSPS) is 13.4. The van der Waals surface area contributed by atoms with Gasteiger partial charge >= 0.3 is 6.09 Å². The zero-order chi connectivity index (χ0) is 27.7. The Bertz CT molecular complexity index is 1240. The summed E-state index contributed by atoms with van der Waals surface area (Å²) in [7, 11) is -2.81. The summed E-state index contributed by atoms with van der Waals surface area (Å²) in [4.78, 5) is 12.6. The minimum Gasteiger partial charge on any atom is -0.467 e. The van der Waals surface area contributed by atoms with Gasteiger partial charge in [0.2, 0.25) is 0 Å². The molecule has 0 unspecified atom stereocenters. The van der Waals surface area contributed by atoms with E-state index in [1.54, 1.807) is 18.4 Å². The van der Waals surface area contributed by atoms with Crippen LogP contribution in [0.15, 0.2) is 114 Å². The van der Waals surface area contributed by atoms with E-state index in [2.05, 4.69) is 50.4 Å². The number of carbonyl (C=O) groups excluding carboxylic acids is 1. The lowest BCUT2D eigenvalue weighted by Gasteiger charge is -2.43. The van der Waals surface area contributed by atoms with E-state index in [9.17, 15) is 9.90 Å². The van der Waals surface area contributed by atoms with E-state index >= 15 is 0 Å². The molecule has 0 aliphatic rings. The Morgan fingerprint density at radius 2 is 1.44 bits per heavy atom. The molecule has 4 aromatic rings. The summed E-state index contributed by atoms with van der Waals surface area (Å²) in [6.45, 7) is 6.84. The summed E-state index contributed by atoms with van der Waals surface area (Å²) in [6, 6.07) is 33.0. The Kier molecular flexibility index (Phi) is 9.40. The van der Waals surface area contributed by atoms with Crippen molar-refractivity contribution in [2.45, 2.75) is 51.0 Å². The average Bonchev–Trinajstić information content (AvgIpc) is 3.48. The van der Waals surface area contributed by atoms with Gasteiger partial charge in [0.25, 0.3) is 8.32 Å². The van der Waals surface area contributed by atoms with E-state index in [4.69, 9.17) is 13.6 Å². The van der Waals surface area contributed by atoms with Crippen molar-refractivity contribution in [1.29, 1.82) is 0 Å². The van der Waals surface area contributed by atoms with E-state index in [1.165, 1.54) is 0 Å². The maximum atomic E-state index is 12.6. The fourth-order valence-corrected chi connectivity index (χ4v) is 9.56. The van der Waals surface area contributed by atoms with E-state index in [1.807, 2.05) is 66.7 Å². The molecule has 39 heavy (non-hydrogen) atoms. The molecular weight excluding hydrogens is 506 g/mol. The second kappa shape index (κ2) is 12.9. The van der Waals surface area contributed by atoms with Crippen molar-refractivity contribution in [3.63, 3.8) is 0 Å². The molecule has 1 heterocycles. The van der Waals surface area contributed by atoms with Crippen LogP contribution in [0.25, 0.3) is 0 Å². The number of hydrogen-bond donors (Lipinski definition) is 2. The van der Waals surface area contributed by atoms with Gasteiger partial charge in [0.15, 0.2) is 0 Å². The molecule has 3 aromatic carbocycles. The van der Waals surface area contributed by atoms with Crippen LogP contribution in [0.5, 0.6) is 0 Å². The van der Waals surface area contributed by atoms with E-state index < -0.39 is 26.6 Å². The number of amides is 1. The zero-order valence-electron chi connectivity index (χ0n) is 22.7. The molecule has 2 N–H and O–H groups in total. The first-order valence-electron chi connectivity index (χ1n) is 13.2. The highest BCUT2D eigenvalue weighted by atomic mass is 28.4. The molecule has 1 aromatic heterocycles. The van der Waals surface area contributed by atoms with Crippen LogP contribution in [0.4, 0.5) is 4.79 Å². The van der Waals surface area contributed by atoms with Gasteiger partial charge in [-0.25, -0.2) is 4.79 Å². The molecule has 0 spiro atoms. The molecule has 0 aliphatic carbocycles. The fraction of sp³-hybridized carbons (Fsp3) is 0.281. The minimum absolute atomic E-state index is 0.102. The molecule has 7 heteroatoms. The highest BCUT2D eigenvalue weighted by Crippen LogP contribution is 2.37. The summed E-state index contributed by atoms with van der Waals surface area (Å²) < 4.78 is 17.9. The van der Waals surface area contributed by atoms with Crippen LogP contribution >= 0.6 is 0 Å². The lowest BCUT2D eigenvalue weighted by molar-refractivity contribution is 0.0794. The molecule has 6 nitrogen and oxygen atoms in total. The van der Waals surface area contributed by atoms with Crippen LogP contribution in [-0.2, 0) is 15.8 Å². The summed E-state index contributed by atoms with van der Waals surface area (Å²) >= 11 is 0. The predicted octanol–water partition coefficient (Wildman–Crippen LogP) is 5.57. The SMILES string of the molecule is CC(C)(C)[Si](OC[C@H](O)C[C@@H](NC(=O)OCc1ccccc1)c1ccco1)(c1ccccc1)c1ccccc1. The summed E-state index contributed by atoms with van der Waals surface area (Å²) in [5.41, 5.74) is 0.890. The third-order valence-corrected chi connectivity index (χ3v) is 11.8. The molecule has 0 aliphatic heterocycles. The van der Waals surface area contributed by atoms with Crippen molar-refractivity contribution in [3.8, 4) is 0 Å². The van der Waals surface area contributed by atoms with Crippen LogP contribution in [0.1, 0.15) is 44.6 Å².